The Morgan fingerprint density at radius 1 is 0.873 bits per heavy atom. The molecule has 22 heteroatoms. The van der Waals surface area contributed by atoms with Gasteiger partial charge in [0.15, 0.2) is 0 Å². The van der Waals surface area contributed by atoms with Crippen molar-refractivity contribution in [3.8, 4) is 0 Å². The topological polar surface area (TPSA) is 236 Å². The second-order valence-corrected chi connectivity index (χ2v) is 23.0. The Kier molecular flexibility index (Phi) is 11.7. The van der Waals surface area contributed by atoms with Crippen LogP contribution in [0.3, 0.4) is 0 Å². The lowest BCUT2D eigenvalue weighted by atomic mass is 9.96. The van der Waals surface area contributed by atoms with E-state index in [1.54, 1.807) is 15.5 Å². The first-order valence-electron chi connectivity index (χ1n) is 24.4. The van der Waals surface area contributed by atoms with Gasteiger partial charge in [-0.25, -0.2) is 4.79 Å². The molecule has 6 aliphatic rings. The normalized spacial score (nSPS) is 25.2. The first-order chi connectivity index (χ1) is 33.9. The van der Waals surface area contributed by atoms with Gasteiger partial charge in [-0.05, 0) is 118 Å². The van der Waals surface area contributed by atoms with Gasteiger partial charge in [-0.1, -0.05) is 18.9 Å². The molecule has 374 valence electrons. The van der Waals surface area contributed by atoms with Crippen LogP contribution in [0.4, 0.5) is 14.5 Å². The summed E-state index contributed by atoms with van der Waals surface area (Å²) in [6.07, 6.45) is 9.76. The Morgan fingerprint density at radius 3 is 2.38 bits per heavy atom. The first-order valence-corrected chi connectivity index (χ1v) is 26.8. The number of likely N-dealkylation sites (tertiary alicyclic amines) is 1. The average molecular weight is 1020 g/mol. The molecule has 5 amide bonds. The van der Waals surface area contributed by atoms with E-state index in [0.29, 0.717) is 80.3 Å². The van der Waals surface area contributed by atoms with Gasteiger partial charge in [-0.2, -0.15) is 8.78 Å². The van der Waals surface area contributed by atoms with E-state index in [-0.39, 0.29) is 69.9 Å². The van der Waals surface area contributed by atoms with E-state index in [0.717, 1.165) is 60.4 Å². The molecule has 18 nitrogen and oxygen atoms in total. The zero-order chi connectivity index (χ0) is 49.7. The van der Waals surface area contributed by atoms with Crippen LogP contribution in [0.25, 0.3) is 21.1 Å². The van der Waals surface area contributed by atoms with Crippen molar-refractivity contribution < 1.29 is 47.1 Å². The number of carbonyl (C=O) groups excluding carboxylic acids is 5. The minimum Gasteiger partial charge on any atom is -0.371 e. The van der Waals surface area contributed by atoms with Gasteiger partial charge in [0, 0.05) is 77.8 Å². The molecule has 0 bridgehead atoms. The summed E-state index contributed by atoms with van der Waals surface area (Å²) < 4.78 is 44.1. The summed E-state index contributed by atoms with van der Waals surface area (Å²) in [6, 6.07) is 11.2. The lowest BCUT2D eigenvalue weighted by Gasteiger charge is -2.37. The summed E-state index contributed by atoms with van der Waals surface area (Å²) in [6.45, 7) is 1.76. The van der Waals surface area contributed by atoms with Crippen LogP contribution in [0.2, 0.25) is 0 Å². The van der Waals surface area contributed by atoms with Gasteiger partial charge in [0.25, 0.3) is 11.5 Å². The maximum absolute atomic E-state index is 14.7. The second kappa shape index (κ2) is 17.6. The van der Waals surface area contributed by atoms with E-state index < -0.39 is 54.5 Å². The third-order valence-electron chi connectivity index (χ3n) is 16.0. The van der Waals surface area contributed by atoms with Crippen molar-refractivity contribution in [1.29, 1.82) is 0 Å². The van der Waals surface area contributed by atoms with E-state index in [4.69, 9.17) is 0 Å². The fourth-order valence-electron chi connectivity index (χ4n) is 12.1. The van der Waals surface area contributed by atoms with Crippen LogP contribution in [0.1, 0.15) is 122 Å². The van der Waals surface area contributed by atoms with Gasteiger partial charge in [-0.15, -0.1) is 11.3 Å². The standard InChI is InChI=1S/C49H53F2N8O10PS/c50-49(51,70(67,68)69)30-5-11-39-28(21-30)22-40(71-39)44(63)52-34-4-2-1-3-32-6-9-38(58(32)45(34)64)46(65)57-26-29(25-48(57)16-17-48)27-13-20-56(42(61)23-27)31-14-18-55(19-15-31)33-7-8-36-35(24-33)53-47(66)59(36)37-10-12-41(60)54-43(37)62/h5,7-8,11,13,20-24,29,31-32,34,37-38H,1-4,6,9-10,12,14-19,25-26H2,(H,52,63)(H,53,66)(H,54,60,62)(H2,67,68,69)/t29-,32-,34-,37?,38-/m0/s1. The second-order valence-electron chi connectivity index (χ2n) is 20.2. The zero-order valence-electron chi connectivity index (χ0n) is 38.6. The minimum atomic E-state index is -5.80. The third-order valence-corrected chi connectivity index (χ3v) is 18.1. The molecule has 1 aliphatic carbocycles. The Labute approximate surface area is 408 Å². The molecule has 1 saturated carbocycles. The number of hydrogen-bond acceptors (Lipinski definition) is 10. The van der Waals surface area contributed by atoms with Crippen LogP contribution >= 0.6 is 18.9 Å². The van der Waals surface area contributed by atoms with Gasteiger partial charge in [0.2, 0.25) is 23.6 Å². The van der Waals surface area contributed by atoms with Gasteiger partial charge >= 0.3 is 18.9 Å². The van der Waals surface area contributed by atoms with Crippen molar-refractivity contribution in [2.75, 3.05) is 24.5 Å². The van der Waals surface area contributed by atoms with Crippen LogP contribution in [-0.2, 0) is 29.4 Å². The summed E-state index contributed by atoms with van der Waals surface area (Å²) in [5.41, 5.74) is -3.20. The molecule has 5 atom stereocenters. The number of benzene rings is 2. The Hall–Kier alpha value is -6.02. The highest BCUT2D eigenvalue weighted by atomic mass is 32.1. The van der Waals surface area contributed by atoms with Crippen molar-refractivity contribution in [2.24, 2.45) is 0 Å². The number of halogens is 2. The third kappa shape index (κ3) is 8.41. The van der Waals surface area contributed by atoms with E-state index >= 15 is 0 Å². The summed E-state index contributed by atoms with van der Waals surface area (Å²) in [7, 11) is -5.80. The van der Waals surface area contributed by atoms with Crippen molar-refractivity contribution in [3.63, 3.8) is 0 Å². The summed E-state index contributed by atoms with van der Waals surface area (Å²) in [5.74, 6) is -1.95. The molecule has 8 heterocycles. The molecule has 11 rings (SSSR count). The maximum Gasteiger partial charge on any atom is 0.399 e. The number of rotatable bonds is 9. The van der Waals surface area contributed by atoms with E-state index in [1.807, 2.05) is 35.4 Å². The molecule has 5 aliphatic heterocycles. The van der Waals surface area contributed by atoms with Crippen LogP contribution < -0.4 is 26.8 Å². The lowest BCUT2D eigenvalue weighted by molar-refractivity contribution is -0.148. The molecule has 1 spiro atoms. The molecule has 5 N–H and O–H groups in total. The number of carbonyl (C=O) groups is 5. The molecular formula is C49H53F2N8O10PS. The van der Waals surface area contributed by atoms with Crippen LogP contribution in [0, 0.1) is 0 Å². The number of anilines is 1. The number of imidazole rings is 1. The first kappa shape index (κ1) is 47.3. The van der Waals surface area contributed by atoms with Crippen LogP contribution in [0.5, 0.6) is 0 Å². The number of aromatic amines is 1. The van der Waals surface area contributed by atoms with E-state index in [2.05, 4.69) is 20.5 Å². The van der Waals surface area contributed by atoms with Gasteiger partial charge < -0.3 is 39.4 Å². The maximum atomic E-state index is 14.7. The molecular weight excluding hydrogens is 962 g/mol. The number of nitrogens with zero attached hydrogens (tertiary/aromatic N) is 5. The molecule has 1 unspecified atom stereocenters. The number of imide groups is 1. The molecule has 0 radical (unpaired) electrons. The molecule has 3 aromatic heterocycles. The van der Waals surface area contributed by atoms with Gasteiger partial charge in [-0.3, -0.25) is 43.2 Å². The number of nitrogens with one attached hydrogen (secondary N) is 3. The molecule has 5 saturated heterocycles. The van der Waals surface area contributed by atoms with E-state index in [9.17, 15) is 56.7 Å². The van der Waals surface area contributed by atoms with Gasteiger partial charge in [0.1, 0.15) is 18.1 Å². The summed E-state index contributed by atoms with van der Waals surface area (Å²) in [5, 5.41) is 5.39. The molecule has 2 aromatic carbocycles. The number of amides is 5. The highest BCUT2D eigenvalue weighted by Crippen LogP contribution is 2.59. The number of pyridine rings is 1. The number of fused-ring (bicyclic) bond motifs is 3. The quantitative estimate of drug-likeness (QED) is 0.0935. The SMILES string of the molecule is O=C1CCC(n2c(=O)[nH]c3cc(N4CCC(n5ccc([C@@H]6CN(C(=O)[C@@H]7CC[C@@H]8CCCC[C@H](NC(=O)c9cc%10cc(C(F)(F)P(=O)(O)O)ccc%10s9)C(=O)N87)C7(CC7)C6)cc5=O)CC4)ccc32)C(=O)N1. The number of H-pyrrole nitrogens is 1. The fraction of sp³-hybridized carbons (Fsp3) is 0.490. The Balaban J connectivity index is 0.737. The molecule has 71 heavy (non-hydrogen) atoms. The highest BCUT2D eigenvalue weighted by Gasteiger charge is 2.58. The fourth-order valence-corrected chi connectivity index (χ4v) is 13.5. The van der Waals surface area contributed by atoms with Crippen molar-refractivity contribution >= 4 is 75.3 Å². The summed E-state index contributed by atoms with van der Waals surface area (Å²) in [4.78, 5) is 121. The largest absolute Gasteiger partial charge is 0.399 e. The summed E-state index contributed by atoms with van der Waals surface area (Å²) >= 11 is 1.01. The molecule has 6 fully saturated rings. The minimum absolute atomic E-state index is 0.0301. The predicted octanol–water partition coefficient (Wildman–Crippen LogP) is 5.33. The number of aromatic nitrogens is 3. The lowest BCUT2D eigenvalue weighted by Crippen LogP contribution is -2.57. The van der Waals surface area contributed by atoms with E-state index in [1.165, 1.54) is 16.7 Å². The smallest absolute Gasteiger partial charge is 0.371 e. The number of alkyl halides is 2. The van der Waals surface area contributed by atoms with Crippen LogP contribution in [-0.4, -0.2) is 107 Å². The average Bonchev–Trinajstić information content (AvgIpc) is 3.63. The zero-order valence-corrected chi connectivity index (χ0v) is 40.3. The number of piperidine rings is 2. The molecule has 5 aromatic rings. The monoisotopic (exact) mass is 1010 g/mol. The van der Waals surface area contributed by atoms with Crippen molar-refractivity contribution in [3.05, 3.63) is 97.6 Å². The number of thiophene rings is 1. The van der Waals surface area contributed by atoms with Crippen molar-refractivity contribution in [2.45, 2.75) is 131 Å². The predicted molar refractivity (Wildman–Crippen MR) is 257 cm³/mol. The Morgan fingerprint density at radius 2 is 1.65 bits per heavy atom. The highest BCUT2D eigenvalue weighted by molar-refractivity contribution is 7.52. The van der Waals surface area contributed by atoms with Crippen molar-refractivity contribution in [1.82, 2.24) is 34.6 Å². The number of hydrogen-bond donors (Lipinski definition) is 5. The van der Waals surface area contributed by atoms with Crippen LogP contribution in [0.15, 0.2) is 70.4 Å². The van der Waals surface area contributed by atoms with Gasteiger partial charge in [0.05, 0.1) is 15.9 Å². The Bertz CT molecular complexity index is 3210.